The van der Waals surface area contributed by atoms with E-state index in [9.17, 15) is 9.59 Å². The van der Waals surface area contributed by atoms with Crippen LogP contribution in [0.3, 0.4) is 0 Å². The summed E-state index contributed by atoms with van der Waals surface area (Å²) in [7, 11) is 0. The van der Waals surface area contributed by atoms with Crippen LogP contribution in [0.15, 0.2) is 30.3 Å². The molecule has 0 unspecified atom stereocenters. The average Bonchev–Trinajstić information content (AvgIpc) is 2.30. The summed E-state index contributed by atoms with van der Waals surface area (Å²) in [6.07, 6.45) is 0. The molecule has 4 nitrogen and oxygen atoms in total. The first-order chi connectivity index (χ1) is 7.63. The molecule has 5 heteroatoms. The summed E-state index contributed by atoms with van der Waals surface area (Å²) in [6, 6.07) is 8.43. The first-order valence-electron chi connectivity index (χ1n) is 4.84. The zero-order valence-corrected chi connectivity index (χ0v) is 9.62. The molecule has 0 aliphatic heterocycles. The number of carbonyl (C=O) groups excluding carboxylic acids is 2. The van der Waals surface area contributed by atoms with Crippen LogP contribution in [0.2, 0.25) is 0 Å². The lowest BCUT2D eigenvalue weighted by Gasteiger charge is -2.13. The van der Waals surface area contributed by atoms with Crippen molar-refractivity contribution in [3.8, 4) is 0 Å². The quantitative estimate of drug-likeness (QED) is 0.781. The Morgan fingerprint density at radius 1 is 1.31 bits per heavy atom. The number of benzene rings is 1. The molecule has 1 atom stereocenters. The standard InChI is InChI=1S/C11H13ClN2O2/c1-8(13-10(15)7-12)11(16)14-9-5-3-2-4-6-9/h2-6,8H,7H2,1H3,(H,13,15)(H,14,16)/t8-/m1/s1. The summed E-state index contributed by atoms with van der Waals surface area (Å²) in [5, 5.41) is 5.14. The third-order valence-electron chi connectivity index (χ3n) is 1.93. The predicted octanol–water partition coefficient (Wildman–Crippen LogP) is 1.37. The van der Waals surface area contributed by atoms with Gasteiger partial charge in [0.05, 0.1) is 0 Å². The molecule has 86 valence electrons. The van der Waals surface area contributed by atoms with Crippen LogP contribution in [0.25, 0.3) is 0 Å². The third kappa shape index (κ3) is 3.90. The Balaban J connectivity index is 2.49. The highest BCUT2D eigenvalue weighted by Crippen LogP contribution is 2.05. The minimum Gasteiger partial charge on any atom is -0.344 e. The van der Waals surface area contributed by atoms with Crippen LogP contribution >= 0.6 is 11.6 Å². The van der Waals surface area contributed by atoms with Gasteiger partial charge >= 0.3 is 0 Å². The molecule has 0 saturated heterocycles. The largest absolute Gasteiger partial charge is 0.344 e. The first kappa shape index (κ1) is 12.5. The van der Waals surface area contributed by atoms with Gasteiger partial charge in [0.25, 0.3) is 0 Å². The molecule has 0 fully saturated rings. The van der Waals surface area contributed by atoms with Crippen LogP contribution in [0.5, 0.6) is 0 Å². The van der Waals surface area contributed by atoms with Crippen molar-refractivity contribution >= 4 is 29.1 Å². The fourth-order valence-corrected chi connectivity index (χ4v) is 1.19. The van der Waals surface area contributed by atoms with Gasteiger partial charge in [-0.25, -0.2) is 0 Å². The van der Waals surface area contributed by atoms with Crippen molar-refractivity contribution in [2.24, 2.45) is 0 Å². The monoisotopic (exact) mass is 240 g/mol. The molecule has 0 aromatic heterocycles. The first-order valence-corrected chi connectivity index (χ1v) is 5.38. The number of carbonyl (C=O) groups is 2. The summed E-state index contributed by atoms with van der Waals surface area (Å²) in [6.45, 7) is 1.60. The molecule has 2 N–H and O–H groups in total. The lowest BCUT2D eigenvalue weighted by Crippen LogP contribution is -2.42. The van der Waals surface area contributed by atoms with Crippen LogP contribution in [0, 0.1) is 0 Å². The van der Waals surface area contributed by atoms with Crippen molar-refractivity contribution in [1.82, 2.24) is 5.32 Å². The molecule has 0 radical (unpaired) electrons. The molecular weight excluding hydrogens is 228 g/mol. The highest BCUT2D eigenvalue weighted by atomic mass is 35.5. The summed E-state index contributed by atoms with van der Waals surface area (Å²) < 4.78 is 0. The molecule has 1 rings (SSSR count). The van der Waals surface area contributed by atoms with Gasteiger partial charge in [0, 0.05) is 5.69 Å². The molecule has 0 aliphatic carbocycles. The highest BCUT2D eigenvalue weighted by Gasteiger charge is 2.14. The normalized spacial score (nSPS) is 11.6. The average molecular weight is 241 g/mol. The topological polar surface area (TPSA) is 58.2 Å². The Morgan fingerprint density at radius 2 is 1.94 bits per heavy atom. The maximum Gasteiger partial charge on any atom is 0.246 e. The minimum atomic E-state index is -0.605. The zero-order chi connectivity index (χ0) is 12.0. The van der Waals surface area contributed by atoms with Crippen LogP contribution in [-0.4, -0.2) is 23.7 Å². The van der Waals surface area contributed by atoms with E-state index in [1.165, 1.54) is 0 Å². The molecule has 1 aromatic carbocycles. The maximum absolute atomic E-state index is 11.6. The molecule has 1 aromatic rings. The molecular formula is C11H13ClN2O2. The highest BCUT2D eigenvalue weighted by molar-refractivity contribution is 6.27. The number of alkyl halides is 1. The molecule has 0 aliphatic rings. The zero-order valence-electron chi connectivity index (χ0n) is 8.87. The van der Waals surface area contributed by atoms with Gasteiger partial charge in [-0.3, -0.25) is 9.59 Å². The summed E-state index contributed by atoms with van der Waals surface area (Å²) >= 11 is 5.32. The second kappa shape index (κ2) is 6.12. The van der Waals surface area contributed by atoms with Crippen molar-refractivity contribution in [2.45, 2.75) is 13.0 Å². The lowest BCUT2D eigenvalue weighted by molar-refractivity contribution is -0.124. The number of para-hydroxylation sites is 1. The molecule has 0 saturated carbocycles. The maximum atomic E-state index is 11.6. The van der Waals surface area contributed by atoms with Gasteiger partial charge in [-0.15, -0.1) is 11.6 Å². The van der Waals surface area contributed by atoms with E-state index in [2.05, 4.69) is 10.6 Å². The van der Waals surface area contributed by atoms with Gasteiger partial charge in [-0.1, -0.05) is 18.2 Å². The van der Waals surface area contributed by atoms with Crippen LogP contribution in [-0.2, 0) is 9.59 Å². The SMILES string of the molecule is C[C@@H](NC(=O)CCl)C(=O)Nc1ccccc1. The number of amides is 2. The molecule has 0 heterocycles. The Bertz CT molecular complexity index is 368. The van der Waals surface area contributed by atoms with Crippen molar-refractivity contribution < 1.29 is 9.59 Å². The fourth-order valence-electron chi connectivity index (χ4n) is 1.12. The van der Waals surface area contributed by atoms with Gasteiger partial charge in [0.15, 0.2) is 0 Å². The summed E-state index contributed by atoms with van der Waals surface area (Å²) in [4.78, 5) is 22.6. The van der Waals surface area contributed by atoms with Gasteiger partial charge in [0.1, 0.15) is 11.9 Å². The van der Waals surface area contributed by atoms with E-state index < -0.39 is 6.04 Å². The van der Waals surface area contributed by atoms with Crippen LogP contribution in [0.4, 0.5) is 5.69 Å². The van der Waals surface area contributed by atoms with Gasteiger partial charge in [0.2, 0.25) is 11.8 Å². The van der Waals surface area contributed by atoms with Crippen LogP contribution < -0.4 is 10.6 Å². The van der Waals surface area contributed by atoms with E-state index in [-0.39, 0.29) is 17.7 Å². The summed E-state index contributed by atoms with van der Waals surface area (Å²) in [5.74, 6) is -0.787. The van der Waals surface area contributed by atoms with Gasteiger partial charge in [-0.05, 0) is 19.1 Å². The summed E-state index contributed by atoms with van der Waals surface area (Å²) in [5.41, 5.74) is 0.694. The number of rotatable bonds is 4. The molecule has 0 spiro atoms. The lowest BCUT2D eigenvalue weighted by atomic mass is 10.2. The number of halogens is 1. The van der Waals surface area contributed by atoms with Crippen molar-refractivity contribution in [3.05, 3.63) is 30.3 Å². The molecule has 2 amide bonds. The predicted molar refractivity (Wildman–Crippen MR) is 63.4 cm³/mol. The van der Waals surface area contributed by atoms with E-state index in [1.54, 1.807) is 19.1 Å². The van der Waals surface area contributed by atoms with Crippen molar-refractivity contribution in [3.63, 3.8) is 0 Å². The van der Waals surface area contributed by atoms with Gasteiger partial charge in [-0.2, -0.15) is 0 Å². The number of nitrogens with one attached hydrogen (secondary N) is 2. The molecule has 0 bridgehead atoms. The minimum absolute atomic E-state index is 0.150. The second-order valence-corrected chi connectivity index (χ2v) is 3.55. The van der Waals surface area contributed by atoms with E-state index in [0.717, 1.165) is 0 Å². The van der Waals surface area contributed by atoms with Crippen molar-refractivity contribution in [1.29, 1.82) is 0 Å². The Hall–Kier alpha value is -1.55. The Labute approximate surface area is 99.0 Å². The van der Waals surface area contributed by atoms with E-state index in [4.69, 9.17) is 11.6 Å². The van der Waals surface area contributed by atoms with E-state index >= 15 is 0 Å². The van der Waals surface area contributed by atoms with Gasteiger partial charge < -0.3 is 10.6 Å². The Morgan fingerprint density at radius 3 is 2.50 bits per heavy atom. The second-order valence-electron chi connectivity index (χ2n) is 3.28. The van der Waals surface area contributed by atoms with E-state index in [1.807, 2.05) is 18.2 Å². The molecule has 16 heavy (non-hydrogen) atoms. The smallest absolute Gasteiger partial charge is 0.246 e. The number of anilines is 1. The van der Waals surface area contributed by atoms with Crippen LogP contribution in [0.1, 0.15) is 6.92 Å². The Kier molecular flexibility index (Phi) is 4.79. The van der Waals surface area contributed by atoms with E-state index in [0.29, 0.717) is 5.69 Å². The number of hydrogen-bond donors (Lipinski definition) is 2. The fraction of sp³-hybridized carbons (Fsp3) is 0.273. The third-order valence-corrected chi connectivity index (χ3v) is 2.18. The number of hydrogen-bond acceptors (Lipinski definition) is 2. The van der Waals surface area contributed by atoms with Crippen molar-refractivity contribution in [2.75, 3.05) is 11.2 Å².